The molecule has 1 aliphatic heterocycles. The largest absolute Gasteiger partial charge is 0.369 e. The molecule has 4 rings (SSSR count). The van der Waals surface area contributed by atoms with E-state index < -0.39 is 0 Å². The molecule has 1 aliphatic rings. The van der Waals surface area contributed by atoms with Crippen molar-refractivity contribution in [3.63, 3.8) is 0 Å². The Morgan fingerprint density at radius 1 is 0.962 bits per heavy atom. The fourth-order valence-corrected chi connectivity index (χ4v) is 3.93. The number of hydrogen-bond acceptors (Lipinski definition) is 3. The van der Waals surface area contributed by atoms with Crippen molar-refractivity contribution in [2.24, 2.45) is 0 Å². The third kappa shape index (κ3) is 3.42. The number of piperazine rings is 1. The van der Waals surface area contributed by atoms with Crippen molar-refractivity contribution in [2.45, 2.75) is 20.4 Å². The fourth-order valence-electron chi connectivity index (χ4n) is 3.72. The lowest BCUT2D eigenvalue weighted by molar-refractivity contribution is 0.247. The van der Waals surface area contributed by atoms with Crippen LogP contribution in [-0.4, -0.2) is 36.1 Å². The van der Waals surface area contributed by atoms with Crippen molar-refractivity contribution in [1.29, 1.82) is 0 Å². The van der Waals surface area contributed by atoms with Crippen LogP contribution in [0.1, 0.15) is 16.8 Å². The second kappa shape index (κ2) is 7.26. The normalized spacial score (nSPS) is 15.6. The highest BCUT2D eigenvalue weighted by molar-refractivity contribution is 6.32. The van der Waals surface area contributed by atoms with Gasteiger partial charge in [0.15, 0.2) is 0 Å². The van der Waals surface area contributed by atoms with Gasteiger partial charge in [0, 0.05) is 43.8 Å². The predicted octanol–water partition coefficient (Wildman–Crippen LogP) is 4.83. The second-order valence-corrected chi connectivity index (χ2v) is 7.49. The highest BCUT2D eigenvalue weighted by Crippen LogP contribution is 2.28. The number of benzene rings is 2. The van der Waals surface area contributed by atoms with Crippen LogP contribution < -0.4 is 4.90 Å². The van der Waals surface area contributed by atoms with Crippen LogP contribution in [0.5, 0.6) is 0 Å². The maximum Gasteiger partial charge on any atom is 0.0740 e. The van der Waals surface area contributed by atoms with Crippen molar-refractivity contribution < 1.29 is 0 Å². The van der Waals surface area contributed by atoms with Gasteiger partial charge < -0.3 is 4.90 Å². The number of aryl methyl sites for hydroxylation is 2. The van der Waals surface area contributed by atoms with Gasteiger partial charge in [0.2, 0.25) is 0 Å². The molecule has 0 radical (unpaired) electrons. The molecule has 3 nitrogen and oxygen atoms in total. The lowest BCUT2D eigenvalue weighted by atomic mass is 10.1. The third-order valence-corrected chi connectivity index (χ3v) is 5.76. The summed E-state index contributed by atoms with van der Waals surface area (Å²) in [5.41, 5.74) is 5.79. The molecule has 1 saturated heterocycles. The summed E-state index contributed by atoms with van der Waals surface area (Å²) in [5, 5.41) is 1.95. The Morgan fingerprint density at radius 3 is 2.50 bits per heavy atom. The van der Waals surface area contributed by atoms with E-state index in [9.17, 15) is 0 Å². The molecule has 4 heteroatoms. The zero-order valence-electron chi connectivity index (χ0n) is 15.4. The molecule has 26 heavy (non-hydrogen) atoms. The maximum atomic E-state index is 6.63. The summed E-state index contributed by atoms with van der Waals surface area (Å²) in [6.07, 6.45) is 0. The molecular weight excluding hydrogens is 342 g/mol. The highest BCUT2D eigenvalue weighted by atomic mass is 35.5. The van der Waals surface area contributed by atoms with Gasteiger partial charge in [-0.15, -0.1) is 0 Å². The number of halogens is 1. The van der Waals surface area contributed by atoms with Gasteiger partial charge in [-0.3, -0.25) is 4.90 Å². The Labute approximate surface area is 160 Å². The van der Waals surface area contributed by atoms with Crippen LogP contribution in [0.3, 0.4) is 0 Å². The number of fused-ring (bicyclic) bond motifs is 1. The van der Waals surface area contributed by atoms with Gasteiger partial charge in [-0.05, 0) is 43.2 Å². The van der Waals surface area contributed by atoms with E-state index in [2.05, 4.69) is 60.0 Å². The lowest BCUT2D eigenvalue weighted by Crippen LogP contribution is -2.46. The number of anilines is 1. The van der Waals surface area contributed by atoms with Gasteiger partial charge in [-0.1, -0.05) is 41.9 Å². The van der Waals surface area contributed by atoms with Crippen molar-refractivity contribution >= 4 is 28.2 Å². The average molecular weight is 366 g/mol. The van der Waals surface area contributed by atoms with Crippen LogP contribution in [0.4, 0.5) is 5.69 Å². The van der Waals surface area contributed by atoms with Crippen LogP contribution in [-0.2, 0) is 6.54 Å². The monoisotopic (exact) mass is 365 g/mol. The molecule has 1 aromatic heterocycles. The molecule has 0 aliphatic carbocycles. The van der Waals surface area contributed by atoms with Gasteiger partial charge in [-0.2, -0.15) is 0 Å². The summed E-state index contributed by atoms with van der Waals surface area (Å²) in [4.78, 5) is 9.75. The number of rotatable bonds is 3. The van der Waals surface area contributed by atoms with Gasteiger partial charge in [-0.25, -0.2) is 4.98 Å². The Kier molecular flexibility index (Phi) is 4.84. The topological polar surface area (TPSA) is 19.4 Å². The Bertz CT molecular complexity index is 930. The molecule has 0 amide bonds. The van der Waals surface area contributed by atoms with E-state index in [-0.39, 0.29) is 0 Å². The molecule has 0 N–H and O–H groups in total. The first-order valence-corrected chi connectivity index (χ1v) is 9.57. The predicted molar refractivity (Wildman–Crippen MR) is 110 cm³/mol. The fraction of sp³-hybridized carbons (Fsp3) is 0.318. The molecule has 3 aromatic rings. The number of hydrogen-bond donors (Lipinski definition) is 0. The first kappa shape index (κ1) is 17.3. The minimum atomic E-state index is 0.810. The first-order chi connectivity index (χ1) is 12.6. The van der Waals surface area contributed by atoms with Crippen molar-refractivity contribution in [2.75, 3.05) is 31.1 Å². The average Bonchev–Trinajstić information content (AvgIpc) is 2.66. The van der Waals surface area contributed by atoms with Gasteiger partial charge in [0.05, 0.1) is 16.2 Å². The van der Waals surface area contributed by atoms with E-state index in [1.165, 1.54) is 11.3 Å². The summed E-state index contributed by atoms with van der Waals surface area (Å²) in [7, 11) is 0. The molecule has 0 atom stereocenters. The minimum absolute atomic E-state index is 0.810. The van der Waals surface area contributed by atoms with Crippen molar-refractivity contribution in [1.82, 2.24) is 9.88 Å². The summed E-state index contributed by atoms with van der Waals surface area (Å²) in [6, 6.07) is 17.0. The summed E-state index contributed by atoms with van der Waals surface area (Å²) >= 11 is 6.63. The Hall–Kier alpha value is -2.10. The maximum absolute atomic E-state index is 6.63. The van der Waals surface area contributed by atoms with Crippen LogP contribution in [0.25, 0.3) is 10.9 Å². The molecule has 0 spiro atoms. The first-order valence-electron chi connectivity index (χ1n) is 9.19. The molecule has 134 valence electrons. The second-order valence-electron chi connectivity index (χ2n) is 7.12. The lowest BCUT2D eigenvalue weighted by Gasteiger charge is -2.36. The van der Waals surface area contributed by atoms with Crippen molar-refractivity contribution in [3.05, 3.63) is 70.4 Å². The molecule has 1 fully saturated rings. The van der Waals surface area contributed by atoms with Crippen molar-refractivity contribution in [3.8, 4) is 0 Å². The summed E-state index contributed by atoms with van der Waals surface area (Å²) in [5.74, 6) is 0. The summed E-state index contributed by atoms with van der Waals surface area (Å²) in [6.45, 7) is 9.17. The molecule has 0 unspecified atom stereocenters. The molecule has 2 heterocycles. The zero-order chi connectivity index (χ0) is 18.1. The van der Waals surface area contributed by atoms with E-state index in [1.54, 1.807) is 0 Å². The molecule has 0 saturated carbocycles. The minimum Gasteiger partial charge on any atom is -0.369 e. The Morgan fingerprint density at radius 2 is 1.73 bits per heavy atom. The molecule has 2 aromatic carbocycles. The van der Waals surface area contributed by atoms with E-state index in [4.69, 9.17) is 16.6 Å². The smallest absolute Gasteiger partial charge is 0.0740 e. The third-order valence-electron chi connectivity index (χ3n) is 5.26. The molecule has 0 bridgehead atoms. The highest BCUT2D eigenvalue weighted by Gasteiger charge is 2.20. The standard InChI is InChI=1S/C22H24ClN3/c1-16-6-5-7-18(14-16)26-12-10-25(11-13-26)15-21-22(23)17(2)19-8-3-4-9-20(19)24-21/h3-9,14H,10-13,15H2,1-2H3. The molecular formula is C22H24ClN3. The van der Waals surface area contributed by atoms with Gasteiger partial charge in [0.1, 0.15) is 0 Å². The van der Waals surface area contributed by atoms with E-state index >= 15 is 0 Å². The Balaban J connectivity index is 1.48. The summed E-state index contributed by atoms with van der Waals surface area (Å²) < 4.78 is 0. The zero-order valence-corrected chi connectivity index (χ0v) is 16.1. The number of pyridine rings is 1. The number of para-hydroxylation sites is 1. The van der Waals surface area contributed by atoms with E-state index in [0.29, 0.717) is 0 Å². The number of nitrogens with zero attached hydrogens (tertiary/aromatic N) is 3. The van der Waals surface area contributed by atoms with Crippen LogP contribution in [0, 0.1) is 13.8 Å². The van der Waals surface area contributed by atoms with Crippen LogP contribution >= 0.6 is 11.6 Å². The van der Waals surface area contributed by atoms with Gasteiger partial charge >= 0.3 is 0 Å². The van der Waals surface area contributed by atoms with Gasteiger partial charge in [0.25, 0.3) is 0 Å². The SMILES string of the molecule is Cc1cccc(N2CCN(Cc3nc4ccccc4c(C)c3Cl)CC2)c1. The number of aromatic nitrogens is 1. The van der Waals surface area contributed by atoms with E-state index in [1.807, 2.05) is 12.1 Å². The van der Waals surface area contributed by atoms with Crippen LogP contribution in [0.15, 0.2) is 48.5 Å². The van der Waals surface area contributed by atoms with E-state index in [0.717, 1.165) is 59.9 Å². The quantitative estimate of drug-likeness (QED) is 0.662. The van der Waals surface area contributed by atoms with Crippen LogP contribution in [0.2, 0.25) is 5.02 Å².